The lowest BCUT2D eigenvalue weighted by Gasteiger charge is -2.08. The van der Waals surface area contributed by atoms with Crippen LogP contribution in [0.1, 0.15) is 11.1 Å². The smallest absolute Gasteiger partial charge is 0.271 e. The summed E-state index contributed by atoms with van der Waals surface area (Å²) in [5.41, 5.74) is 2.30. The first kappa shape index (κ1) is 15.3. The van der Waals surface area contributed by atoms with Crippen molar-refractivity contribution in [2.24, 2.45) is 0 Å². The van der Waals surface area contributed by atoms with Crippen molar-refractivity contribution in [1.82, 2.24) is 5.32 Å². The van der Waals surface area contributed by atoms with Crippen LogP contribution in [-0.4, -0.2) is 15.5 Å². The maximum Gasteiger partial charge on any atom is 0.271 e. The summed E-state index contributed by atoms with van der Waals surface area (Å²) in [4.78, 5) is 0. The van der Waals surface area contributed by atoms with E-state index in [1.165, 1.54) is 11.3 Å². The molecule has 0 bridgehead atoms. The number of hydrogen-bond donors (Lipinski definition) is 2. The zero-order valence-electron chi connectivity index (χ0n) is 11.1. The highest BCUT2D eigenvalue weighted by molar-refractivity contribution is 7.94. The van der Waals surface area contributed by atoms with Crippen LogP contribution in [0.5, 0.6) is 0 Å². The first-order chi connectivity index (χ1) is 9.42. The van der Waals surface area contributed by atoms with Crippen LogP contribution in [0.4, 0.5) is 5.69 Å². The Labute approximate surface area is 127 Å². The molecule has 2 aromatic rings. The van der Waals surface area contributed by atoms with Crippen LogP contribution in [0.2, 0.25) is 5.02 Å². The molecule has 0 atom stereocenters. The Hall–Kier alpha value is -1.08. The Morgan fingerprint density at radius 3 is 2.70 bits per heavy atom. The Morgan fingerprint density at radius 1 is 1.30 bits per heavy atom. The van der Waals surface area contributed by atoms with E-state index in [1.54, 1.807) is 18.2 Å². The van der Waals surface area contributed by atoms with E-state index in [1.807, 2.05) is 25.4 Å². The van der Waals surface area contributed by atoms with Crippen LogP contribution in [-0.2, 0) is 16.6 Å². The third-order valence-corrected chi connectivity index (χ3v) is 5.81. The van der Waals surface area contributed by atoms with E-state index in [4.69, 9.17) is 11.6 Å². The lowest BCUT2D eigenvalue weighted by Crippen LogP contribution is -2.12. The molecule has 0 radical (unpaired) electrons. The van der Waals surface area contributed by atoms with Crippen molar-refractivity contribution in [3.63, 3.8) is 0 Å². The van der Waals surface area contributed by atoms with E-state index in [0.29, 0.717) is 17.3 Å². The molecule has 4 nitrogen and oxygen atoms in total. The van der Waals surface area contributed by atoms with Crippen LogP contribution in [0.3, 0.4) is 0 Å². The van der Waals surface area contributed by atoms with Gasteiger partial charge in [0.2, 0.25) is 0 Å². The van der Waals surface area contributed by atoms with E-state index in [2.05, 4.69) is 10.0 Å². The zero-order chi connectivity index (χ0) is 14.8. The Balaban J connectivity index is 2.26. The quantitative estimate of drug-likeness (QED) is 0.885. The van der Waals surface area contributed by atoms with Gasteiger partial charge in [0.05, 0.1) is 10.7 Å². The summed E-state index contributed by atoms with van der Waals surface area (Å²) in [6.07, 6.45) is 0. The van der Waals surface area contributed by atoms with Gasteiger partial charge in [-0.2, -0.15) is 0 Å². The summed E-state index contributed by atoms with van der Waals surface area (Å²) in [7, 11) is -1.77. The highest BCUT2D eigenvalue weighted by Gasteiger charge is 2.18. The molecule has 0 saturated carbocycles. The van der Waals surface area contributed by atoms with Crippen molar-refractivity contribution >= 4 is 38.6 Å². The maximum atomic E-state index is 12.3. The lowest BCUT2D eigenvalue weighted by atomic mass is 10.2. The van der Waals surface area contributed by atoms with Gasteiger partial charge in [0.15, 0.2) is 0 Å². The topological polar surface area (TPSA) is 58.2 Å². The molecule has 0 unspecified atom stereocenters. The van der Waals surface area contributed by atoms with Crippen molar-refractivity contribution in [2.45, 2.75) is 17.7 Å². The summed E-state index contributed by atoms with van der Waals surface area (Å²) >= 11 is 7.24. The van der Waals surface area contributed by atoms with Crippen LogP contribution in [0, 0.1) is 6.92 Å². The second kappa shape index (κ2) is 6.13. The fourth-order valence-electron chi connectivity index (χ4n) is 1.69. The summed E-state index contributed by atoms with van der Waals surface area (Å²) in [5, 5.41) is 5.19. The molecule has 108 valence electrons. The highest BCUT2D eigenvalue weighted by Crippen LogP contribution is 2.27. The standard InChI is InChI=1S/C13H15ClN2O2S2/c1-9-3-4-12(11(14)5-9)16-20(17,18)13-6-10(7-15-2)8-19-13/h3-6,8,15-16H,7H2,1-2H3. The minimum atomic E-state index is -3.59. The molecule has 0 aliphatic carbocycles. The van der Waals surface area contributed by atoms with Crippen LogP contribution in [0.25, 0.3) is 0 Å². The molecule has 1 aromatic carbocycles. The largest absolute Gasteiger partial charge is 0.316 e. The van der Waals surface area contributed by atoms with E-state index in [-0.39, 0.29) is 4.21 Å². The van der Waals surface area contributed by atoms with Crippen molar-refractivity contribution in [3.05, 3.63) is 45.8 Å². The van der Waals surface area contributed by atoms with Gasteiger partial charge < -0.3 is 5.32 Å². The second-order valence-corrected chi connectivity index (χ2v) is 7.62. The van der Waals surface area contributed by atoms with Crippen molar-refractivity contribution in [3.8, 4) is 0 Å². The predicted molar refractivity (Wildman–Crippen MR) is 84.1 cm³/mol. The van der Waals surface area contributed by atoms with Gasteiger partial charge in [-0.1, -0.05) is 17.7 Å². The number of rotatable bonds is 5. The Kier molecular flexibility index (Phi) is 4.70. The molecule has 2 N–H and O–H groups in total. The van der Waals surface area contributed by atoms with Gasteiger partial charge >= 0.3 is 0 Å². The van der Waals surface area contributed by atoms with Crippen LogP contribution in [0.15, 0.2) is 33.9 Å². The van der Waals surface area contributed by atoms with E-state index in [9.17, 15) is 8.42 Å². The number of sulfonamides is 1. The van der Waals surface area contributed by atoms with Gasteiger partial charge in [-0.3, -0.25) is 4.72 Å². The summed E-state index contributed by atoms with van der Waals surface area (Å²) in [6, 6.07) is 6.85. The van der Waals surface area contributed by atoms with Gasteiger partial charge in [0.25, 0.3) is 10.0 Å². The molecule has 0 spiro atoms. The van der Waals surface area contributed by atoms with Crippen LogP contribution >= 0.6 is 22.9 Å². The van der Waals surface area contributed by atoms with Gasteiger partial charge in [0, 0.05) is 6.54 Å². The number of nitrogens with one attached hydrogen (secondary N) is 2. The van der Waals surface area contributed by atoms with Crippen molar-refractivity contribution < 1.29 is 8.42 Å². The molecule has 7 heteroatoms. The van der Waals surface area contributed by atoms with E-state index in [0.717, 1.165) is 11.1 Å². The summed E-state index contributed by atoms with van der Waals surface area (Å²) < 4.78 is 27.3. The maximum absolute atomic E-state index is 12.3. The van der Waals surface area contributed by atoms with E-state index < -0.39 is 10.0 Å². The Morgan fingerprint density at radius 2 is 2.05 bits per heavy atom. The number of benzene rings is 1. The minimum absolute atomic E-state index is 0.277. The molecule has 0 aliphatic rings. The molecule has 0 amide bonds. The molecule has 0 fully saturated rings. The zero-order valence-corrected chi connectivity index (χ0v) is 13.5. The number of halogens is 1. The number of anilines is 1. The molecule has 20 heavy (non-hydrogen) atoms. The minimum Gasteiger partial charge on any atom is -0.316 e. The fraction of sp³-hybridized carbons (Fsp3) is 0.231. The van der Waals surface area contributed by atoms with Crippen molar-refractivity contribution in [2.75, 3.05) is 11.8 Å². The monoisotopic (exact) mass is 330 g/mol. The molecule has 1 heterocycles. The second-order valence-electron chi connectivity index (χ2n) is 4.39. The third kappa shape index (κ3) is 3.52. The third-order valence-electron chi connectivity index (χ3n) is 2.64. The summed E-state index contributed by atoms with van der Waals surface area (Å²) in [6.45, 7) is 2.53. The number of aryl methyl sites for hydroxylation is 1. The molecule has 0 aliphatic heterocycles. The molecule has 0 saturated heterocycles. The van der Waals surface area contributed by atoms with Gasteiger partial charge in [0.1, 0.15) is 4.21 Å². The van der Waals surface area contributed by atoms with Gasteiger partial charge in [-0.15, -0.1) is 11.3 Å². The van der Waals surface area contributed by atoms with Gasteiger partial charge in [-0.25, -0.2) is 8.42 Å². The SMILES string of the molecule is CNCc1csc(S(=O)(=O)Nc2ccc(C)cc2Cl)c1. The number of hydrogen-bond acceptors (Lipinski definition) is 4. The van der Waals surface area contributed by atoms with E-state index >= 15 is 0 Å². The summed E-state index contributed by atoms with van der Waals surface area (Å²) in [5.74, 6) is 0. The molecular weight excluding hydrogens is 316 g/mol. The molecular formula is C13H15ClN2O2S2. The first-order valence-electron chi connectivity index (χ1n) is 5.93. The molecule has 2 rings (SSSR count). The Bertz CT molecular complexity index is 711. The predicted octanol–water partition coefficient (Wildman–Crippen LogP) is 3.23. The average Bonchev–Trinajstić information content (AvgIpc) is 2.83. The first-order valence-corrected chi connectivity index (χ1v) is 8.67. The van der Waals surface area contributed by atoms with Gasteiger partial charge in [-0.05, 0) is 48.7 Å². The lowest BCUT2D eigenvalue weighted by molar-refractivity contribution is 0.603. The molecule has 1 aromatic heterocycles. The number of thiophene rings is 1. The average molecular weight is 331 g/mol. The highest BCUT2D eigenvalue weighted by atomic mass is 35.5. The van der Waals surface area contributed by atoms with Crippen molar-refractivity contribution in [1.29, 1.82) is 0 Å². The normalized spacial score (nSPS) is 11.6. The van der Waals surface area contributed by atoms with Crippen LogP contribution < -0.4 is 10.0 Å². The fourth-order valence-corrected chi connectivity index (χ4v) is 4.32.